The second kappa shape index (κ2) is 6.82. The topological polar surface area (TPSA) is 65.0 Å². The molecule has 0 heterocycles. The molecule has 6 heteroatoms. The fourth-order valence-electron chi connectivity index (χ4n) is 1.88. The summed E-state index contributed by atoms with van der Waals surface area (Å²) in [5.74, 6) is -0.785. The van der Waals surface area contributed by atoms with E-state index in [4.69, 9.17) is 19.3 Å². The number of carbonyl (C=O) groups is 1. The van der Waals surface area contributed by atoms with Gasteiger partial charge in [0.2, 0.25) is 0 Å². The Bertz CT molecular complexity index is 459. The van der Waals surface area contributed by atoms with Crippen LogP contribution in [0, 0.1) is 5.82 Å². The van der Waals surface area contributed by atoms with Crippen molar-refractivity contribution in [3.05, 3.63) is 17.4 Å². The summed E-state index contributed by atoms with van der Waals surface area (Å²) in [5, 5.41) is 8.64. The lowest BCUT2D eigenvalue weighted by Gasteiger charge is -2.16. The predicted molar refractivity (Wildman–Crippen MR) is 66.6 cm³/mol. The minimum Gasteiger partial charge on any atom is -0.493 e. The van der Waals surface area contributed by atoms with Crippen molar-refractivity contribution in [3.63, 3.8) is 0 Å². The molecular weight excluding hydrogens is 255 g/mol. The summed E-state index contributed by atoms with van der Waals surface area (Å²) < 4.78 is 29.1. The molecule has 0 aliphatic rings. The van der Waals surface area contributed by atoms with E-state index in [1.165, 1.54) is 27.4 Å². The van der Waals surface area contributed by atoms with Gasteiger partial charge in [-0.2, -0.15) is 0 Å². The van der Waals surface area contributed by atoms with E-state index in [1.54, 1.807) is 0 Å². The van der Waals surface area contributed by atoms with Gasteiger partial charge in [-0.25, -0.2) is 4.39 Å². The number of methoxy groups -OCH3 is 3. The van der Waals surface area contributed by atoms with Crippen LogP contribution in [0.3, 0.4) is 0 Å². The van der Waals surface area contributed by atoms with E-state index >= 15 is 0 Å². The van der Waals surface area contributed by atoms with Crippen molar-refractivity contribution in [1.29, 1.82) is 0 Å². The molecule has 0 radical (unpaired) electrons. The molecule has 0 amide bonds. The molecule has 0 fully saturated rings. The molecule has 1 aromatic rings. The van der Waals surface area contributed by atoms with Crippen LogP contribution in [0.4, 0.5) is 4.39 Å². The standard InChI is InChI=1S/C13H17FO5/c1-17-10-7-9(14)12(18-2)8(13(10)19-3)5-4-6-11(15)16/h7H,4-6H2,1-3H3,(H,15,16). The second-order valence-electron chi connectivity index (χ2n) is 3.85. The normalized spacial score (nSPS) is 10.1. The predicted octanol–water partition coefficient (Wildman–Crippen LogP) is 2.26. The van der Waals surface area contributed by atoms with Crippen LogP contribution in [0.1, 0.15) is 18.4 Å². The van der Waals surface area contributed by atoms with E-state index < -0.39 is 11.8 Å². The average molecular weight is 272 g/mol. The highest BCUT2D eigenvalue weighted by atomic mass is 19.1. The molecule has 0 unspecified atom stereocenters. The number of carboxylic acid groups (broad SMARTS) is 1. The molecule has 19 heavy (non-hydrogen) atoms. The average Bonchev–Trinajstić information content (AvgIpc) is 2.37. The maximum atomic E-state index is 13.8. The van der Waals surface area contributed by atoms with Crippen molar-refractivity contribution < 1.29 is 28.5 Å². The number of rotatable bonds is 7. The fourth-order valence-corrected chi connectivity index (χ4v) is 1.88. The minimum atomic E-state index is -0.902. The lowest BCUT2D eigenvalue weighted by Crippen LogP contribution is -2.03. The molecule has 0 saturated carbocycles. The number of aliphatic carboxylic acids is 1. The van der Waals surface area contributed by atoms with Gasteiger partial charge in [-0.3, -0.25) is 4.79 Å². The Kier molecular flexibility index (Phi) is 5.41. The maximum Gasteiger partial charge on any atom is 0.303 e. The molecule has 0 atom stereocenters. The molecular formula is C13H17FO5. The van der Waals surface area contributed by atoms with Crippen LogP contribution in [0.15, 0.2) is 6.07 Å². The fraction of sp³-hybridized carbons (Fsp3) is 0.462. The van der Waals surface area contributed by atoms with Gasteiger partial charge in [-0.15, -0.1) is 0 Å². The second-order valence-corrected chi connectivity index (χ2v) is 3.85. The summed E-state index contributed by atoms with van der Waals surface area (Å²) in [6.45, 7) is 0. The summed E-state index contributed by atoms with van der Waals surface area (Å²) in [4.78, 5) is 10.5. The summed E-state index contributed by atoms with van der Waals surface area (Å²) in [7, 11) is 4.20. The first-order chi connectivity index (χ1) is 9.04. The number of benzene rings is 1. The van der Waals surface area contributed by atoms with Gasteiger partial charge in [0.05, 0.1) is 21.3 Å². The van der Waals surface area contributed by atoms with Gasteiger partial charge < -0.3 is 19.3 Å². The van der Waals surface area contributed by atoms with E-state index in [-0.39, 0.29) is 17.9 Å². The van der Waals surface area contributed by atoms with Crippen LogP contribution in [0.5, 0.6) is 17.2 Å². The minimum absolute atomic E-state index is 0.00879. The van der Waals surface area contributed by atoms with Gasteiger partial charge in [0, 0.05) is 18.1 Å². The summed E-state index contributed by atoms with van der Waals surface area (Å²) in [6.07, 6.45) is 0.673. The lowest BCUT2D eigenvalue weighted by molar-refractivity contribution is -0.137. The van der Waals surface area contributed by atoms with E-state index in [0.717, 1.165) is 0 Å². The molecule has 1 rings (SSSR count). The molecule has 0 spiro atoms. The molecule has 1 N–H and O–H groups in total. The first-order valence-electron chi connectivity index (χ1n) is 5.74. The van der Waals surface area contributed by atoms with Crippen LogP contribution >= 0.6 is 0 Å². The molecule has 5 nitrogen and oxygen atoms in total. The number of carboxylic acids is 1. The van der Waals surface area contributed by atoms with Crippen LogP contribution in [0.25, 0.3) is 0 Å². The number of hydrogen-bond acceptors (Lipinski definition) is 4. The third kappa shape index (κ3) is 3.49. The highest BCUT2D eigenvalue weighted by Crippen LogP contribution is 2.40. The van der Waals surface area contributed by atoms with Gasteiger partial charge in [-0.05, 0) is 12.8 Å². The van der Waals surface area contributed by atoms with Crippen molar-refractivity contribution in [2.75, 3.05) is 21.3 Å². The van der Waals surface area contributed by atoms with Crippen molar-refractivity contribution >= 4 is 5.97 Å². The quantitative estimate of drug-likeness (QED) is 0.824. The van der Waals surface area contributed by atoms with Gasteiger partial charge >= 0.3 is 5.97 Å². The van der Waals surface area contributed by atoms with Gasteiger partial charge in [0.15, 0.2) is 23.1 Å². The highest BCUT2D eigenvalue weighted by Gasteiger charge is 2.20. The summed E-state index contributed by atoms with van der Waals surface area (Å²) in [6, 6.07) is 1.18. The van der Waals surface area contributed by atoms with Gasteiger partial charge in [-0.1, -0.05) is 0 Å². The molecule has 106 valence electrons. The van der Waals surface area contributed by atoms with Gasteiger partial charge in [0.1, 0.15) is 0 Å². The van der Waals surface area contributed by atoms with Crippen molar-refractivity contribution in [3.8, 4) is 17.2 Å². The smallest absolute Gasteiger partial charge is 0.303 e. The van der Waals surface area contributed by atoms with Crippen LogP contribution in [-0.2, 0) is 11.2 Å². The van der Waals surface area contributed by atoms with Crippen LogP contribution < -0.4 is 14.2 Å². The van der Waals surface area contributed by atoms with E-state index in [0.29, 0.717) is 24.2 Å². The Hall–Kier alpha value is -1.98. The molecule has 1 aromatic carbocycles. The molecule has 0 aromatic heterocycles. The van der Waals surface area contributed by atoms with E-state index in [2.05, 4.69) is 0 Å². The van der Waals surface area contributed by atoms with Crippen molar-refractivity contribution in [2.45, 2.75) is 19.3 Å². The molecule has 0 bridgehead atoms. The maximum absolute atomic E-state index is 13.8. The third-order valence-electron chi connectivity index (χ3n) is 2.69. The zero-order chi connectivity index (χ0) is 14.4. The zero-order valence-electron chi connectivity index (χ0n) is 11.2. The van der Waals surface area contributed by atoms with Crippen LogP contribution in [-0.4, -0.2) is 32.4 Å². The Morgan fingerprint density at radius 3 is 2.32 bits per heavy atom. The summed E-state index contributed by atoms with van der Waals surface area (Å²) in [5.41, 5.74) is 0.475. The molecule has 0 aliphatic heterocycles. The van der Waals surface area contributed by atoms with E-state index in [1.807, 2.05) is 0 Å². The number of ether oxygens (including phenoxy) is 3. The van der Waals surface area contributed by atoms with E-state index in [9.17, 15) is 9.18 Å². The molecule has 0 saturated heterocycles. The Morgan fingerprint density at radius 2 is 1.84 bits per heavy atom. The largest absolute Gasteiger partial charge is 0.493 e. The molecule has 0 aliphatic carbocycles. The Balaban J connectivity index is 3.15. The SMILES string of the molecule is COc1cc(F)c(OC)c(CCCC(=O)O)c1OC. The highest BCUT2D eigenvalue weighted by molar-refractivity contribution is 5.66. The monoisotopic (exact) mass is 272 g/mol. The Labute approximate surface area is 110 Å². The third-order valence-corrected chi connectivity index (χ3v) is 2.69. The number of halogens is 1. The van der Waals surface area contributed by atoms with Crippen molar-refractivity contribution in [1.82, 2.24) is 0 Å². The summed E-state index contributed by atoms with van der Waals surface area (Å²) >= 11 is 0. The number of hydrogen-bond donors (Lipinski definition) is 1. The lowest BCUT2D eigenvalue weighted by atomic mass is 10.0. The first-order valence-corrected chi connectivity index (χ1v) is 5.74. The Morgan fingerprint density at radius 1 is 1.21 bits per heavy atom. The van der Waals surface area contributed by atoms with Gasteiger partial charge in [0.25, 0.3) is 0 Å². The van der Waals surface area contributed by atoms with Crippen molar-refractivity contribution in [2.24, 2.45) is 0 Å². The first kappa shape index (κ1) is 15.1. The zero-order valence-corrected chi connectivity index (χ0v) is 11.2. The van der Waals surface area contributed by atoms with Crippen LogP contribution in [0.2, 0.25) is 0 Å².